The van der Waals surface area contributed by atoms with Gasteiger partial charge in [-0.2, -0.15) is 0 Å². The lowest BCUT2D eigenvalue weighted by Crippen LogP contribution is -2.42. The molecular weight excluding hydrogens is 477 g/mol. The van der Waals surface area contributed by atoms with E-state index < -0.39 is 23.2 Å². The van der Waals surface area contributed by atoms with Crippen molar-refractivity contribution in [2.45, 2.75) is 19.6 Å². The number of hydrogen-bond acceptors (Lipinski definition) is 6. The molecule has 0 saturated carbocycles. The molecule has 0 bridgehead atoms. The van der Waals surface area contributed by atoms with E-state index in [1.807, 2.05) is 0 Å². The molecule has 6 nitrogen and oxygen atoms in total. The number of hydrogen-bond donors (Lipinski definition) is 0. The Morgan fingerprint density at radius 2 is 2.03 bits per heavy atom. The smallest absolute Gasteiger partial charge is 0.328 e. The van der Waals surface area contributed by atoms with Crippen LogP contribution in [0, 0.1) is 5.82 Å². The summed E-state index contributed by atoms with van der Waals surface area (Å²) in [5.74, 6) is -1.17. The Kier molecular flexibility index (Phi) is 6.94. The zero-order valence-corrected chi connectivity index (χ0v) is 18.5. The Balaban J connectivity index is 1.86. The van der Waals surface area contributed by atoms with Crippen molar-refractivity contribution in [2.75, 3.05) is 7.11 Å². The Bertz CT molecular complexity index is 1040. The number of benzene rings is 2. The van der Waals surface area contributed by atoms with Gasteiger partial charge in [0.2, 0.25) is 0 Å². The molecule has 1 heterocycles. The van der Waals surface area contributed by atoms with Gasteiger partial charge in [-0.25, -0.2) is 9.18 Å². The van der Waals surface area contributed by atoms with Crippen molar-refractivity contribution in [1.82, 2.24) is 4.90 Å². The molecule has 156 valence electrons. The quantitative estimate of drug-likeness (QED) is 0.426. The Labute approximate surface area is 185 Å². The molecule has 1 saturated heterocycles. The van der Waals surface area contributed by atoms with Crippen LogP contribution in [0.1, 0.15) is 18.1 Å². The number of carbonyl (C=O) groups is 3. The number of amides is 2. The van der Waals surface area contributed by atoms with E-state index in [9.17, 15) is 18.8 Å². The monoisotopic (exact) mass is 493 g/mol. The molecule has 2 aromatic carbocycles. The standard InChI is InChI=1S/C21H17BrFNO5S/c1-12(20(26)28-2)24-19(25)18(30-21(24)27)10-14-9-15(22)6-7-17(14)29-11-13-4-3-5-16(23)8-13/h3-10,12H,11H2,1-2H3/b18-10+/t12-/m0/s1. The second kappa shape index (κ2) is 9.44. The zero-order chi connectivity index (χ0) is 21.8. The molecule has 0 N–H and O–H groups in total. The van der Waals surface area contributed by atoms with Crippen molar-refractivity contribution < 1.29 is 28.2 Å². The number of ether oxygens (including phenoxy) is 2. The summed E-state index contributed by atoms with van der Waals surface area (Å²) in [5.41, 5.74) is 1.20. The first-order valence-electron chi connectivity index (χ1n) is 8.82. The Morgan fingerprint density at radius 1 is 1.27 bits per heavy atom. The van der Waals surface area contributed by atoms with Crippen LogP contribution in [0.25, 0.3) is 6.08 Å². The number of rotatable bonds is 6. The first-order valence-corrected chi connectivity index (χ1v) is 10.4. The normalized spacial score (nSPS) is 16.1. The van der Waals surface area contributed by atoms with Crippen LogP contribution in [-0.2, 0) is 20.9 Å². The molecule has 2 aromatic rings. The number of methoxy groups -OCH3 is 1. The van der Waals surface area contributed by atoms with Gasteiger partial charge >= 0.3 is 5.97 Å². The molecule has 9 heteroatoms. The van der Waals surface area contributed by atoms with Gasteiger partial charge in [0.25, 0.3) is 11.1 Å². The first-order chi connectivity index (χ1) is 14.3. The van der Waals surface area contributed by atoms with Gasteiger partial charge in [-0.05, 0) is 60.7 Å². The highest BCUT2D eigenvalue weighted by Gasteiger charge is 2.41. The van der Waals surface area contributed by atoms with E-state index in [2.05, 4.69) is 20.7 Å². The van der Waals surface area contributed by atoms with E-state index in [1.54, 1.807) is 30.3 Å². The van der Waals surface area contributed by atoms with Gasteiger partial charge in [0, 0.05) is 10.0 Å². The first kappa shape index (κ1) is 22.0. The maximum absolute atomic E-state index is 13.4. The van der Waals surface area contributed by atoms with Gasteiger partial charge in [-0.15, -0.1) is 0 Å². The van der Waals surface area contributed by atoms with E-state index in [4.69, 9.17) is 4.74 Å². The molecular formula is C21H17BrFNO5S. The highest BCUT2D eigenvalue weighted by molar-refractivity contribution is 9.10. The van der Waals surface area contributed by atoms with Gasteiger partial charge in [0.05, 0.1) is 12.0 Å². The SMILES string of the molecule is COC(=O)[C@H](C)N1C(=O)S/C(=C/c2cc(Br)ccc2OCc2cccc(F)c2)C1=O. The number of imide groups is 1. The fourth-order valence-electron chi connectivity index (χ4n) is 2.78. The largest absolute Gasteiger partial charge is 0.488 e. The van der Waals surface area contributed by atoms with Crippen molar-refractivity contribution >= 4 is 50.9 Å². The summed E-state index contributed by atoms with van der Waals surface area (Å²) in [6.45, 7) is 1.55. The van der Waals surface area contributed by atoms with Crippen LogP contribution in [-0.4, -0.2) is 35.2 Å². The number of esters is 1. The average molecular weight is 494 g/mol. The van der Waals surface area contributed by atoms with Crippen molar-refractivity contribution in [3.8, 4) is 5.75 Å². The van der Waals surface area contributed by atoms with Crippen LogP contribution in [0.3, 0.4) is 0 Å². The number of nitrogens with zero attached hydrogens (tertiary/aromatic N) is 1. The molecule has 0 aromatic heterocycles. The van der Waals surface area contributed by atoms with Crippen LogP contribution in [0.4, 0.5) is 9.18 Å². The third-order valence-electron chi connectivity index (χ3n) is 4.29. The lowest BCUT2D eigenvalue weighted by molar-refractivity contribution is -0.148. The van der Waals surface area contributed by atoms with Gasteiger partial charge in [0.15, 0.2) is 0 Å². The molecule has 30 heavy (non-hydrogen) atoms. The maximum Gasteiger partial charge on any atom is 0.328 e. The molecule has 0 radical (unpaired) electrons. The molecule has 3 rings (SSSR count). The number of thioether (sulfide) groups is 1. The van der Waals surface area contributed by atoms with Crippen molar-refractivity contribution in [2.24, 2.45) is 0 Å². The van der Waals surface area contributed by atoms with Gasteiger partial charge in [0.1, 0.15) is 24.2 Å². The fraction of sp³-hybridized carbons (Fsp3) is 0.190. The summed E-state index contributed by atoms with van der Waals surface area (Å²) in [5, 5.41) is -0.554. The van der Waals surface area contributed by atoms with Crippen LogP contribution < -0.4 is 4.74 Å². The van der Waals surface area contributed by atoms with Crippen LogP contribution in [0.2, 0.25) is 0 Å². The van der Waals surface area contributed by atoms with Gasteiger partial charge < -0.3 is 9.47 Å². The van der Waals surface area contributed by atoms with E-state index in [0.29, 0.717) is 16.9 Å². The summed E-state index contributed by atoms with van der Waals surface area (Å²) < 4.78 is 24.6. The van der Waals surface area contributed by atoms with E-state index in [0.717, 1.165) is 21.1 Å². The van der Waals surface area contributed by atoms with Crippen molar-refractivity contribution in [3.63, 3.8) is 0 Å². The molecule has 1 atom stereocenters. The second-order valence-electron chi connectivity index (χ2n) is 6.35. The number of halogens is 2. The van der Waals surface area contributed by atoms with Crippen molar-refractivity contribution in [1.29, 1.82) is 0 Å². The van der Waals surface area contributed by atoms with Crippen LogP contribution >= 0.6 is 27.7 Å². The average Bonchev–Trinajstić information content (AvgIpc) is 2.99. The topological polar surface area (TPSA) is 72.9 Å². The summed E-state index contributed by atoms with van der Waals surface area (Å²) in [7, 11) is 1.19. The Morgan fingerprint density at radius 3 is 2.73 bits per heavy atom. The summed E-state index contributed by atoms with van der Waals surface area (Å²) in [4.78, 5) is 37.8. The fourth-order valence-corrected chi connectivity index (χ4v) is 4.06. The summed E-state index contributed by atoms with van der Waals surface area (Å²) >= 11 is 4.11. The predicted octanol–water partition coefficient (Wildman–Crippen LogP) is 4.77. The van der Waals surface area contributed by atoms with Gasteiger partial charge in [-0.3, -0.25) is 14.5 Å². The highest BCUT2D eigenvalue weighted by Crippen LogP contribution is 2.36. The molecule has 0 aliphatic carbocycles. The molecule has 1 aliphatic heterocycles. The number of carbonyl (C=O) groups excluding carboxylic acids is 3. The lowest BCUT2D eigenvalue weighted by Gasteiger charge is -2.18. The Hall–Kier alpha value is -2.65. The summed E-state index contributed by atoms with van der Waals surface area (Å²) in [6.07, 6.45) is 1.53. The van der Waals surface area contributed by atoms with E-state index >= 15 is 0 Å². The maximum atomic E-state index is 13.4. The minimum atomic E-state index is -1.03. The molecule has 1 aliphatic rings. The third-order valence-corrected chi connectivity index (χ3v) is 5.67. The van der Waals surface area contributed by atoms with Crippen LogP contribution in [0.15, 0.2) is 51.8 Å². The molecule has 0 spiro atoms. The minimum absolute atomic E-state index is 0.126. The zero-order valence-electron chi connectivity index (χ0n) is 16.1. The van der Waals surface area contributed by atoms with Gasteiger partial charge in [-0.1, -0.05) is 28.1 Å². The molecule has 0 unspecified atom stereocenters. The highest BCUT2D eigenvalue weighted by atomic mass is 79.9. The molecule has 2 amide bonds. The summed E-state index contributed by atoms with van der Waals surface area (Å²) in [6, 6.07) is 10.2. The van der Waals surface area contributed by atoms with E-state index in [-0.39, 0.29) is 17.3 Å². The lowest BCUT2D eigenvalue weighted by atomic mass is 10.1. The minimum Gasteiger partial charge on any atom is -0.488 e. The third kappa shape index (κ3) is 4.91. The van der Waals surface area contributed by atoms with Crippen molar-refractivity contribution in [3.05, 3.63) is 68.8 Å². The second-order valence-corrected chi connectivity index (χ2v) is 8.26. The predicted molar refractivity (Wildman–Crippen MR) is 114 cm³/mol. The molecule has 1 fully saturated rings. The van der Waals surface area contributed by atoms with Crippen LogP contribution in [0.5, 0.6) is 5.75 Å². The van der Waals surface area contributed by atoms with E-state index in [1.165, 1.54) is 32.2 Å².